The molecule has 21 heavy (non-hydrogen) atoms. The average molecular weight is 284 g/mol. The highest BCUT2D eigenvalue weighted by molar-refractivity contribution is 5.83. The van der Waals surface area contributed by atoms with Crippen LogP contribution in [0.4, 0.5) is 0 Å². The summed E-state index contributed by atoms with van der Waals surface area (Å²) in [6.07, 6.45) is 0. The first-order valence-electron chi connectivity index (χ1n) is 6.90. The third-order valence-corrected chi connectivity index (χ3v) is 3.49. The maximum Gasteiger partial charge on any atom is 0.315 e. The minimum Gasteiger partial charge on any atom is -0.489 e. The quantitative estimate of drug-likeness (QED) is 0.785. The third kappa shape index (κ3) is 3.43. The molecule has 0 amide bonds. The van der Waals surface area contributed by atoms with Crippen LogP contribution in [0.3, 0.4) is 0 Å². The molecule has 0 aliphatic carbocycles. The highest BCUT2D eigenvalue weighted by Gasteiger charge is 2.33. The van der Waals surface area contributed by atoms with Crippen molar-refractivity contribution < 1.29 is 14.3 Å². The van der Waals surface area contributed by atoms with Gasteiger partial charge in [-0.15, -0.1) is 0 Å². The van der Waals surface area contributed by atoms with Crippen LogP contribution in [0.15, 0.2) is 54.6 Å². The van der Waals surface area contributed by atoms with Gasteiger partial charge in [0.15, 0.2) is 0 Å². The zero-order chi connectivity index (χ0) is 15.3. The standard InChI is InChI=1S/C18H20O3/c1-18(2,17(19)20-3)15-11-7-8-12-16(15)21-13-14-9-5-4-6-10-14/h4-12H,13H2,1-3H3. The Balaban J connectivity index is 2.23. The molecule has 0 aliphatic heterocycles. The highest BCUT2D eigenvalue weighted by Crippen LogP contribution is 2.33. The second kappa shape index (κ2) is 6.44. The van der Waals surface area contributed by atoms with Crippen LogP contribution in [-0.2, 0) is 21.6 Å². The van der Waals surface area contributed by atoms with Crippen molar-refractivity contribution in [3.05, 3.63) is 65.7 Å². The molecule has 0 radical (unpaired) electrons. The smallest absolute Gasteiger partial charge is 0.315 e. The first-order chi connectivity index (χ1) is 10.1. The number of methoxy groups -OCH3 is 1. The molecule has 2 aromatic carbocycles. The van der Waals surface area contributed by atoms with Crippen LogP contribution in [0.25, 0.3) is 0 Å². The van der Waals surface area contributed by atoms with E-state index in [-0.39, 0.29) is 5.97 Å². The number of carbonyl (C=O) groups is 1. The van der Waals surface area contributed by atoms with Crippen molar-refractivity contribution in [2.24, 2.45) is 0 Å². The predicted molar refractivity (Wildman–Crippen MR) is 82.3 cm³/mol. The molecule has 0 bridgehead atoms. The first kappa shape index (κ1) is 15.1. The maximum atomic E-state index is 12.0. The lowest BCUT2D eigenvalue weighted by Crippen LogP contribution is -2.30. The van der Waals surface area contributed by atoms with E-state index >= 15 is 0 Å². The van der Waals surface area contributed by atoms with Crippen molar-refractivity contribution in [1.29, 1.82) is 0 Å². The lowest BCUT2D eigenvalue weighted by atomic mass is 9.84. The first-order valence-corrected chi connectivity index (χ1v) is 6.90. The van der Waals surface area contributed by atoms with Gasteiger partial charge in [-0.05, 0) is 25.5 Å². The van der Waals surface area contributed by atoms with Crippen LogP contribution < -0.4 is 4.74 Å². The zero-order valence-corrected chi connectivity index (χ0v) is 12.6. The van der Waals surface area contributed by atoms with Gasteiger partial charge < -0.3 is 9.47 Å². The Kier molecular flexibility index (Phi) is 4.63. The number of carbonyl (C=O) groups excluding carboxylic acids is 1. The van der Waals surface area contributed by atoms with Crippen LogP contribution in [0.1, 0.15) is 25.0 Å². The van der Waals surface area contributed by atoms with Crippen molar-refractivity contribution in [1.82, 2.24) is 0 Å². The molecule has 0 fully saturated rings. The van der Waals surface area contributed by atoms with Gasteiger partial charge in [-0.25, -0.2) is 0 Å². The fourth-order valence-corrected chi connectivity index (χ4v) is 2.21. The molecule has 2 aromatic rings. The Morgan fingerprint density at radius 2 is 1.62 bits per heavy atom. The Labute approximate surface area is 125 Å². The summed E-state index contributed by atoms with van der Waals surface area (Å²) in [5.41, 5.74) is 1.16. The van der Waals surface area contributed by atoms with Gasteiger partial charge in [0.25, 0.3) is 0 Å². The summed E-state index contributed by atoms with van der Waals surface area (Å²) in [7, 11) is 1.40. The van der Waals surface area contributed by atoms with E-state index in [2.05, 4.69) is 0 Å². The van der Waals surface area contributed by atoms with Gasteiger partial charge in [-0.3, -0.25) is 4.79 Å². The molecular formula is C18H20O3. The highest BCUT2D eigenvalue weighted by atomic mass is 16.5. The second-order valence-electron chi connectivity index (χ2n) is 5.39. The summed E-state index contributed by atoms with van der Waals surface area (Å²) >= 11 is 0. The van der Waals surface area contributed by atoms with Gasteiger partial charge in [0.05, 0.1) is 12.5 Å². The summed E-state index contributed by atoms with van der Waals surface area (Å²) in [5, 5.41) is 0. The normalized spacial score (nSPS) is 11.0. The van der Waals surface area contributed by atoms with Crippen molar-refractivity contribution in [2.75, 3.05) is 7.11 Å². The van der Waals surface area contributed by atoms with Gasteiger partial charge in [0.1, 0.15) is 12.4 Å². The van der Waals surface area contributed by atoms with E-state index in [0.29, 0.717) is 12.4 Å². The van der Waals surface area contributed by atoms with Crippen LogP contribution in [0.2, 0.25) is 0 Å². The molecule has 0 saturated carbocycles. The van der Waals surface area contributed by atoms with Gasteiger partial charge in [-0.1, -0.05) is 48.5 Å². The number of para-hydroxylation sites is 1. The summed E-state index contributed by atoms with van der Waals surface area (Å²) in [6.45, 7) is 4.14. The molecule has 0 N–H and O–H groups in total. The number of benzene rings is 2. The fraction of sp³-hybridized carbons (Fsp3) is 0.278. The Hall–Kier alpha value is -2.29. The van der Waals surface area contributed by atoms with E-state index in [0.717, 1.165) is 11.1 Å². The van der Waals surface area contributed by atoms with E-state index in [9.17, 15) is 4.79 Å². The number of rotatable bonds is 5. The molecule has 0 spiro atoms. The summed E-state index contributed by atoms with van der Waals surface area (Å²) < 4.78 is 10.8. The Bertz CT molecular complexity index is 603. The van der Waals surface area contributed by atoms with Crippen LogP contribution in [0, 0.1) is 0 Å². The van der Waals surface area contributed by atoms with Gasteiger partial charge >= 0.3 is 5.97 Å². The minimum absolute atomic E-state index is 0.279. The molecule has 2 rings (SSSR count). The molecule has 0 atom stereocenters. The topological polar surface area (TPSA) is 35.5 Å². The molecule has 0 heterocycles. The van der Waals surface area contributed by atoms with Crippen LogP contribution in [0.5, 0.6) is 5.75 Å². The van der Waals surface area contributed by atoms with Gasteiger partial charge in [-0.2, -0.15) is 0 Å². The lowest BCUT2D eigenvalue weighted by molar-refractivity contribution is -0.146. The van der Waals surface area contributed by atoms with Crippen LogP contribution in [-0.4, -0.2) is 13.1 Å². The average Bonchev–Trinajstić information content (AvgIpc) is 2.53. The SMILES string of the molecule is COC(=O)C(C)(C)c1ccccc1OCc1ccccc1. The number of esters is 1. The second-order valence-corrected chi connectivity index (χ2v) is 5.39. The fourth-order valence-electron chi connectivity index (χ4n) is 2.21. The molecule has 0 saturated heterocycles. The molecule has 3 nitrogen and oxygen atoms in total. The van der Waals surface area contributed by atoms with E-state index in [1.807, 2.05) is 68.4 Å². The monoisotopic (exact) mass is 284 g/mol. The predicted octanol–water partition coefficient (Wildman–Crippen LogP) is 3.72. The summed E-state index contributed by atoms with van der Waals surface area (Å²) in [4.78, 5) is 12.0. The summed E-state index contributed by atoms with van der Waals surface area (Å²) in [6, 6.07) is 17.5. The largest absolute Gasteiger partial charge is 0.489 e. The van der Waals surface area contributed by atoms with E-state index in [1.165, 1.54) is 7.11 Å². The van der Waals surface area contributed by atoms with Crippen molar-refractivity contribution in [2.45, 2.75) is 25.9 Å². The minimum atomic E-state index is -0.748. The van der Waals surface area contributed by atoms with E-state index < -0.39 is 5.41 Å². The van der Waals surface area contributed by atoms with E-state index in [1.54, 1.807) is 0 Å². The molecule has 0 aliphatic rings. The molecule has 0 unspecified atom stereocenters. The molecule has 0 aromatic heterocycles. The van der Waals surface area contributed by atoms with E-state index in [4.69, 9.17) is 9.47 Å². The van der Waals surface area contributed by atoms with Gasteiger partial charge in [0, 0.05) is 5.56 Å². The Morgan fingerprint density at radius 1 is 1.00 bits per heavy atom. The van der Waals surface area contributed by atoms with Crippen molar-refractivity contribution in [3.63, 3.8) is 0 Å². The number of hydrogen-bond acceptors (Lipinski definition) is 3. The maximum absolute atomic E-state index is 12.0. The van der Waals surface area contributed by atoms with Crippen molar-refractivity contribution in [3.8, 4) is 5.75 Å². The molecule has 110 valence electrons. The molecule has 3 heteroatoms. The lowest BCUT2D eigenvalue weighted by Gasteiger charge is -2.24. The van der Waals surface area contributed by atoms with Gasteiger partial charge in [0.2, 0.25) is 0 Å². The van der Waals surface area contributed by atoms with Crippen molar-refractivity contribution >= 4 is 5.97 Å². The van der Waals surface area contributed by atoms with Crippen LogP contribution >= 0.6 is 0 Å². The summed E-state index contributed by atoms with van der Waals surface area (Å²) in [5.74, 6) is 0.426. The zero-order valence-electron chi connectivity index (χ0n) is 12.6. The Morgan fingerprint density at radius 3 is 2.29 bits per heavy atom. The molecular weight excluding hydrogens is 264 g/mol. The number of hydrogen-bond donors (Lipinski definition) is 0. The number of ether oxygens (including phenoxy) is 2. The third-order valence-electron chi connectivity index (χ3n) is 3.49.